The minimum absolute atomic E-state index is 0.313. The smallest absolute Gasteiger partial charge is 0.330 e. The van der Waals surface area contributed by atoms with Gasteiger partial charge in [0, 0.05) is 12.0 Å². The van der Waals surface area contributed by atoms with Crippen molar-refractivity contribution >= 4 is 5.97 Å². The lowest BCUT2D eigenvalue weighted by Crippen LogP contribution is -2.17. The van der Waals surface area contributed by atoms with E-state index in [1.807, 2.05) is 0 Å². The van der Waals surface area contributed by atoms with E-state index in [1.165, 1.54) is 6.08 Å². The molecule has 2 atom stereocenters. The van der Waals surface area contributed by atoms with E-state index in [4.69, 9.17) is 9.47 Å². The lowest BCUT2D eigenvalue weighted by atomic mass is 10.0. The van der Waals surface area contributed by atoms with Gasteiger partial charge >= 0.3 is 5.97 Å². The molecule has 1 rings (SSSR count). The molecule has 1 aliphatic rings. The number of rotatable bonds is 5. The Bertz CT molecular complexity index is 173. The molecular formula is C9H14O3. The molecule has 0 saturated carbocycles. The first-order valence-electron chi connectivity index (χ1n) is 4.18. The summed E-state index contributed by atoms with van der Waals surface area (Å²) in [7, 11) is 0. The van der Waals surface area contributed by atoms with Crippen LogP contribution in [0.25, 0.3) is 0 Å². The number of esters is 1. The molecule has 0 radical (unpaired) electrons. The molecule has 1 saturated heterocycles. The van der Waals surface area contributed by atoms with Crippen LogP contribution in [-0.4, -0.2) is 25.3 Å². The summed E-state index contributed by atoms with van der Waals surface area (Å²) in [4.78, 5) is 10.7. The van der Waals surface area contributed by atoms with Gasteiger partial charge in [-0.2, -0.15) is 0 Å². The van der Waals surface area contributed by atoms with E-state index in [9.17, 15) is 4.79 Å². The summed E-state index contributed by atoms with van der Waals surface area (Å²) >= 11 is 0. The lowest BCUT2D eigenvalue weighted by Gasteiger charge is -2.10. The topological polar surface area (TPSA) is 38.8 Å². The predicted molar refractivity (Wildman–Crippen MR) is 44.7 cm³/mol. The Morgan fingerprint density at radius 3 is 3.00 bits per heavy atom. The van der Waals surface area contributed by atoms with Crippen LogP contribution >= 0.6 is 0 Å². The van der Waals surface area contributed by atoms with Crippen molar-refractivity contribution < 1.29 is 14.3 Å². The molecule has 2 unspecified atom stereocenters. The largest absolute Gasteiger partial charge is 0.462 e. The van der Waals surface area contributed by atoms with Gasteiger partial charge in [-0.3, -0.25) is 0 Å². The van der Waals surface area contributed by atoms with Gasteiger partial charge in [-0.15, -0.1) is 0 Å². The van der Waals surface area contributed by atoms with Crippen LogP contribution in [0.3, 0.4) is 0 Å². The summed E-state index contributed by atoms with van der Waals surface area (Å²) < 4.78 is 10.0. The fourth-order valence-corrected chi connectivity index (χ4v) is 1.06. The highest BCUT2D eigenvalue weighted by Crippen LogP contribution is 2.23. The number of carbonyl (C=O) groups is 1. The van der Waals surface area contributed by atoms with Crippen LogP contribution in [0.1, 0.15) is 13.3 Å². The minimum Gasteiger partial charge on any atom is -0.462 e. The molecule has 68 valence electrons. The van der Waals surface area contributed by atoms with Crippen LogP contribution in [0.4, 0.5) is 0 Å². The van der Waals surface area contributed by atoms with Gasteiger partial charge in [0.15, 0.2) is 0 Å². The van der Waals surface area contributed by atoms with Crippen LogP contribution in [0.2, 0.25) is 0 Å². The Morgan fingerprint density at radius 1 is 1.92 bits per heavy atom. The van der Waals surface area contributed by atoms with Crippen molar-refractivity contribution in [2.75, 3.05) is 13.2 Å². The van der Waals surface area contributed by atoms with E-state index in [0.29, 0.717) is 18.6 Å². The fourth-order valence-electron chi connectivity index (χ4n) is 1.06. The van der Waals surface area contributed by atoms with Gasteiger partial charge in [0.25, 0.3) is 0 Å². The first kappa shape index (κ1) is 9.26. The van der Waals surface area contributed by atoms with E-state index in [1.54, 1.807) is 0 Å². The highest BCUT2D eigenvalue weighted by atomic mass is 16.6. The van der Waals surface area contributed by atoms with Crippen molar-refractivity contribution in [1.82, 2.24) is 0 Å². The summed E-state index contributed by atoms with van der Waals surface area (Å²) in [5, 5.41) is 0. The number of ether oxygens (including phenoxy) is 2. The summed E-state index contributed by atoms with van der Waals surface area (Å²) in [5.41, 5.74) is 0. The molecule has 1 fully saturated rings. The summed E-state index contributed by atoms with van der Waals surface area (Å²) in [6.07, 6.45) is 2.47. The molecule has 0 aromatic heterocycles. The van der Waals surface area contributed by atoms with Gasteiger partial charge in [0.05, 0.1) is 19.3 Å². The third-order valence-corrected chi connectivity index (χ3v) is 2.02. The van der Waals surface area contributed by atoms with Crippen molar-refractivity contribution in [3.8, 4) is 0 Å². The molecule has 0 N–H and O–H groups in total. The minimum atomic E-state index is -0.353. The van der Waals surface area contributed by atoms with Crippen molar-refractivity contribution in [2.45, 2.75) is 19.4 Å². The molecule has 0 spiro atoms. The second-order valence-corrected chi connectivity index (χ2v) is 2.87. The zero-order valence-corrected chi connectivity index (χ0v) is 7.29. The van der Waals surface area contributed by atoms with E-state index in [0.717, 1.165) is 13.0 Å². The zero-order valence-electron chi connectivity index (χ0n) is 7.29. The quantitative estimate of drug-likeness (QED) is 0.353. The molecule has 0 aromatic rings. The van der Waals surface area contributed by atoms with Crippen LogP contribution in [-0.2, 0) is 14.3 Å². The Labute approximate surface area is 72.4 Å². The van der Waals surface area contributed by atoms with Crippen LogP contribution in [0.15, 0.2) is 12.7 Å². The molecule has 0 aliphatic carbocycles. The normalized spacial score (nSPS) is 22.9. The van der Waals surface area contributed by atoms with E-state index >= 15 is 0 Å². The van der Waals surface area contributed by atoms with Gasteiger partial charge < -0.3 is 9.47 Å². The molecule has 1 heterocycles. The zero-order chi connectivity index (χ0) is 8.97. The first-order valence-corrected chi connectivity index (χ1v) is 4.18. The Hall–Kier alpha value is -0.830. The van der Waals surface area contributed by atoms with Crippen LogP contribution in [0, 0.1) is 5.92 Å². The maximum atomic E-state index is 10.7. The van der Waals surface area contributed by atoms with Crippen LogP contribution in [0.5, 0.6) is 0 Å². The standard InChI is InChI=1S/C9H14O3/c1-3-7(8-6-11-8)5-12-9(10)4-2/h4,7-8H,2-3,5-6H2,1H3. The van der Waals surface area contributed by atoms with Crippen LogP contribution < -0.4 is 0 Å². The second-order valence-electron chi connectivity index (χ2n) is 2.87. The fraction of sp³-hybridized carbons (Fsp3) is 0.667. The monoisotopic (exact) mass is 170 g/mol. The van der Waals surface area contributed by atoms with E-state index in [-0.39, 0.29) is 5.97 Å². The second kappa shape index (κ2) is 4.26. The average Bonchev–Trinajstić information content (AvgIpc) is 2.89. The number of hydrogen-bond acceptors (Lipinski definition) is 3. The molecule has 1 aliphatic heterocycles. The molecule has 0 amide bonds. The SMILES string of the molecule is C=CC(=O)OCC(CC)C1CO1. The number of hydrogen-bond donors (Lipinski definition) is 0. The van der Waals surface area contributed by atoms with Crippen molar-refractivity contribution in [3.63, 3.8) is 0 Å². The molecule has 12 heavy (non-hydrogen) atoms. The van der Waals surface area contributed by atoms with Gasteiger partial charge in [0.2, 0.25) is 0 Å². The molecule has 3 nitrogen and oxygen atoms in total. The maximum absolute atomic E-state index is 10.7. The predicted octanol–water partition coefficient (Wildman–Crippen LogP) is 1.14. The van der Waals surface area contributed by atoms with Gasteiger partial charge in [-0.05, 0) is 6.42 Å². The van der Waals surface area contributed by atoms with E-state index in [2.05, 4.69) is 13.5 Å². The third-order valence-electron chi connectivity index (χ3n) is 2.02. The third kappa shape index (κ3) is 2.66. The summed E-state index contributed by atoms with van der Waals surface area (Å²) in [5.74, 6) is 0.00278. The number of epoxide rings is 1. The summed E-state index contributed by atoms with van der Waals surface area (Å²) in [6.45, 7) is 6.64. The number of carbonyl (C=O) groups excluding carboxylic acids is 1. The lowest BCUT2D eigenvalue weighted by molar-refractivity contribution is -0.139. The molecule has 0 bridgehead atoms. The Kier molecular flexibility index (Phi) is 3.29. The van der Waals surface area contributed by atoms with Crippen molar-refractivity contribution in [1.29, 1.82) is 0 Å². The molecule has 0 aromatic carbocycles. The molecule has 3 heteroatoms. The Balaban J connectivity index is 2.18. The molecular weight excluding hydrogens is 156 g/mol. The van der Waals surface area contributed by atoms with E-state index < -0.39 is 0 Å². The Morgan fingerprint density at radius 2 is 2.58 bits per heavy atom. The maximum Gasteiger partial charge on any atom is 0.330 e. The van der Waals surface area contributed by atoms with Gasteiger partial charge in [-0.1, -0.05) is 13.5 Å². The average molecular weight is 170 g/mol. The van der Waals surface area contributed by atoms with Crippen molar-refractivity contribution in [3.05, 3.63) is 12.7 Å². The van der Waals surface area contributed by atoms with Gasteiger partial charge in [0.1, 0.15) is 0 Å². The van der Waals surface area contributed by atoms with Crippen molar-refractivity contribution in [2.24, 2.45) is 5.92 Å². The van der Waals surface area contributed by atoms with Gasteiger partial charge in [-0.25, -0.2) is 4.79 Å². The summed E-state index contributed by atoms with van der Waals surface area (Å²) in [6, 6.07) is 0. The highest BCUT2D eigenvalue weighted by Gasteiger charge is 2.31. The first-order chi connectivity index (χ1) is 5.77. The highest BCUT2D eigenvalue weighted by molar-refractivity contribution is 5.81.